The molecular formula is C21H21ClN4O5S. The summed E-state index contributed by atoms with van der Waals surface area (Å²) in [6, 6.07) is 10.6. The molecule has 0 bridgehead atoms. The van der Waals surface area contributed by atoms with Crippen molar-refractivity contribution < 1.29 is 22.7 Å². The normalized spacial score (nSPS) is 12.2. The number of esters is 1. The van der Waals surface area contributed by atoms with Crippen LogP contribution in [0.4, 0.5) is 5.69 Å². The molecule has 1 heterocycles. The molecule has 3 rings (SSSR count). The van der Waals surface area contributed by atoms with E-state index in [0.717, 1.165) is 0 Å². The summed E-state index contributed by atoms with van der Waals surface area (Å²) in [6.07, 6.45) is 4.60. The molecule has 168 valence electrons. The number of sulfonamides is 1. The molecule has 0 aliphatic carbocycles. The van der Waals surface area contributed by atoms with Crippen molar-refractivity contribution in [2.24, 2.45) is 0 Å². The van der Waals surface area contributed by atoms with E-state index in [2.05, 4.69) is 15.0 Å². The number of aromatic nitrogens is 2. The maximum atomic E-state index is 13.0. The summed E-state index contributed by atoms with van der Waals surface area (Å²) in [5, 5.41) is 3.03. The third kappa shape index (κ3) is 6.16. The monoisotopic (exact) mass is 476 g/mol. The van der Waals surface area contributed by atoms with Crippen molar-refractivity contribution in [3.05, 3.63) is 77.8 Å². The van der Waals surface area contributed by atoms with E-state index in [1.165, 1.54) is 42.9 Å². The van der Waals surface area contributed by atoms with Crippen LogP contribution in [-0.4, -0.2) is 42.5 Å². The molecule has 0 saturated heterocycles. The van der Waals surface area contributed by atoms with Gasteiger partial charge in [-0.15, -0.1) is 0 Å². The first-order chi connectivity index (χ1) is 15.3. The van der Waals surface area contributed by atoms with Gasteiger partial charge in [-0.1, -0.05) is 17.7 Å². The lowest BCUT2D eigenvalue weighted by molar-refractivity contribution is -0.118. The fourth-order valence-electron chi connectivity index (χ4n) is 2.82. The highest BCUT2D eigenvalue weighted by Crippen LogP contribution is 2.16. The molecule has 1 atom stereocenters. The highest BCUT2D eigenvalue weighted by atomic mass is 35.5. The number of imidazole rings is 1. The third-order valence-corrected chi connectivity index (χ3v) is 6.07. The molecule has 1 amide bonds. The molecule has 0 fully saturated rings. The van der Waals surface area contributed by atoms with Gasteiger partial charge in [0.1, 0.15) is 6.04 Å². The quantitative estimate of drug-likeness (QED) is 0.458. The first kappa shape index (κ1) is 23.5. The lowest BCUT2D eigenvalue weighted by Crippen LogP contribution is -2.46. The molecule has 3 aromatic rings. The number of carbonyl (C=O) groups is 2. The minimum atomic E-state index is -4.02. The number of halogens is 1. The van der Waals surface area contributed by atoms with Crippen molar-refractivity contribution >= 4 is 39.2 Å². The van der Waals surface area contributed by atoms with Gasteiger partial charge in [0.25, 0.3) is 0 Å². The second-order valence-corrected chi connectivity index (χ2v) is 8.83. The van der Waals surface area contributed by atoms with E-state index in [0.29, 0.717) is 10.7 Å². The zero-order chi connectivity index (χ0) is 23.1. The Morgan fingerprint density at radius 2 is 1.94 bits per heavy atom. The van der Waals surface area contributed by atoms with Crippen LogP contribution in [0.1, 0.15) is 17.3 Å². The van der Waals surface area contributed by atoms with Crippen LogP contribution < -0.4 is 10.0 Å². The standard InChI is InChI=1S/C21H21ClN4O5S/c1-2-31-21(28)15-4-3-5-17(12-15)24-20(27)19(13-26-11-10-23-14-26)25-32(29,30)18-8-6-16(22)7-9-18/h3-12,14,19,25H,2,13H2,1H3,(H,24,27). The van der Waals surface area contributed by atoms with E-state index in [9.17, 15) is 18.0 Å². The van der Waals surface area contributed by atoms with Gasteiger partial charge in [0.05, 0.1) is 23.4 Å². The van der Waals surface area contributed by atoms with Crippen molar-refractivity contribution in [2.45, 2.75) is 24.4 Å². The minimum Gasteiger partial charge on any atom is -0.462 e. The number of ether oxygens (including phenoxy) is 1. The van der Waals surface area contributed by atoms with Gasteiger partial charge in [-0.3, -0.25) is 4.79 Å². The molecule has 9 nitrogen and oxygen atoms in total. The van der Waals surface area contributed by atoms with E-state index in [1.54, 1.807) is 35.9 Å². The molecule has 0 aliphatic heterocycles. The van der Waals surface area contributed by atoms with Crippen molar-refractivity contribution in [1.29, 1.82) is 0 Å². The number of amides is 1. The second kappa shape index (κ2) is 10.4. The molecule has 0 spiro atoms. The van der Waals surface area contributed by atoms with Crippen LogP contribution in [0.15, 0.2) is 72.1 Å². The van der Waals surface area contributed by atoms with Crippen LogP contribution in [0.25, 0.3) is 0 Å². The van der Waals surface area contributed by atoms with E-state index in [-0.39, 0.29) is 23.6 Å². The Balaban J connectivity index is 1.82. The summed E-state index contributed by atoms with van der Waals surface area (Å²) in [5.41, 5.74) is 0.583. The number of benzene rings is 2. The SMILES string of the molecule is CCOC(=O)c1cccc(NC(=O)C(Cn2ccnc2)NS(=O)(=O)c2ccc(Cl)cc2)c1. The van der Waals surface area contributed by atoms with Gasteiger partial charge in [-0.2, -0.15) is 4.72 Å². The molecule has 1 unspecified atom stereocenters. The summed E-state index contributed by atoms with van der Waals surface area (Å²) in [4.78, 5) is 28.8. The van der Waals surface area contributed by atoms with Gasteiger partial charge in [-0.25, -0.2) is 18.2 Å². The smallest absolute Gasteiger partial charge is 0.338 e. The van der Waals surface area contributed by atoms with E-state index < -0.39 is 27.9 Å². The summed E-state index contributed by atoms with van der Waals surface area (Å²) < 4.78 is 34.6. The van der Waals surface area contributed by atoms with Gasteiger partial charge < -0.3 is 14.6 Å². The Morgan fingerprint density at radius 1 is 1.19 bits per heavy atom. The minimum absolute atomic E-state index is 0.00375. The Morgan fingerprint density at radius 3 is 2.59 bits per heavy atom. The van der Waals surface area contributed by atoms with Crippen LogP contribution in [0, 0.1) is 0 Å². The molecule has 0 saturated carbocycles. The predicted molar refractivity (Wildman–Crippen MR) is 119 cm³/mol. The van der Waals surface area contributed by atoms with Gasteiger partial charge in [0.2, 0.25) is 15.9 Å². The number of hydrogen-bond acceptors (Lipinski definition) is 6. The Labute approximate surface area is 190 Å². The van der Waals surface area contributed by atoms with Gasteiger partial charge >= 0.3 is 5.97 Å². The van der Waals surface area contributed by atoms with E-state index in [1.807, 2.05) is 0 Å². The summed E-state index contributed by atoms with van der Waals surface area (Å²) in [5.74, 6) is -1.14. The first-order valence-corrected chi connectivity index (χ1v) is 11.5. The Bertz CT molecular complexity index is 1180. The zero-order valence-corrected chi connectivity index (χ0v) is 18.6. The van der Waals surface area contributed by atoms with Crippen molar-refractivity contribution in [1.82, 2.24) is 14.3 Å². The average Bonchev–Trinajstić information content (AvgIpc) is 3.27. The molecular weight excluding hydrogens is 456 g/mol. The Hall–Kier alpha value is -3.21. The van der Waals surface area contributed by atoms with Crippen LogP contribution in [0.5, 0.6) is 0 Å². The molecule has 2 N–H and O–H groups in total. The van der Waals surface area contributed by atoms with Crippen LogP contribution >= 0.6 is 11.6 Å². The summed E-state index contributed by atoms with van der Waals surface area (Å²) in [6.45, 7) is 1.90. The van der Waals surface area contributed by atoms with Gasteiger partial charge in [0, 0.05) is 29.6 Å². The topological polar surface area (TPSA) is 119 Å². The molecule has 11 heteroatoms. The summed E-state index contributed by atoms with van der Waals surface area (Å²) >= 11 is 5.84. The molecule has 32 heavy (non-hydrogen) atoms. The number of hydrogen-bond donors (Lipinski definition) is 2. The number of rotatable bonds is 9. The van der Waals surface area contributed by atoms with Crippen LogP contribution in [-0.2, 0) is 26.1 Å². The second-order valence-electron chi connectivity index (χ2n) is 6.68. The number of anilines is 1. The average molecular weight is 477 g/mol. The lowest BCUT2D eigenvalue weighted by atomic mass is 10.2. The summed E-state index contributed by atoms with van der Waals surface area (Å²) in [7, 11) is -4.02. The number of nitrogens with zero attached hydrogens (tertiary/aromatic N) is 2. The highest BCUT2D eigenvalue weighted by Gasteiger charge is 2.26. The molecule has 1 aromatic heterocycles. The highest BCUT2D eigenvalue weighted by molar-refractivity contribution is 7.89. The molecule has 0 radical (unpaired) electrons. The van der Waals surface area contributed by atoms with Crippen LogP contribution in [0.3, 0.4) is 0 Å². The fraction of sp³-hybridized carbons (Fsp3) is 0.190. The molecule has 0 aliphatic rings. The van der Waals surface area contributed by atoms with Crippen molar-refractivity contribution in [3.8, 4) is 0 Å². The predicted octanol–water partition coefficient (Wildman–Crippen LogP) is 2.70. The van der Waals surface area contributed by atoms with Gasteiger partial charge in [0.15, 0.2) is 0 Å². The number of carbonyl (C=O) groups excluding carboxylic acids is 2. The van der Waals surface area contributed by atoms with E-state index in [4.69, 9.17) is 16.3 Å². The fourth-order valence-corrected chi connectivity index (χ4v) is 4.13. The number of nitrogens with one attached hydrogen (secondary N) is 2. The van der Waals surface area contributed by atoms with Crippen molar-refractivity contribution in [2.75, 3.05) is 11.9 Å². The lowest BCUT2D eigenvalue weighted by Gasteiger charge is -2.19. The maximum absolute atomic E-state index is 13.0. The van der Waals surface area contributed by atoms with Gasteiger partial charge in [-0.05, 0) is 49.4 Å². The first-order valence-electron chi connectivity index (χ1n) is 9.60. The molecule has 2 aromatic carbocycles. The van der Waals surface area contributed by atoms with E-state index >= 15 is 0 Å². The van der Waals surface area contributed by atoms with Crippen LogP contribution in [0.2, 0.25) is 5.02 Å². The van der Waals surface area contributed by atoms with Crippen molar-refractivity contribution in [3.63, 3.8) is 0 Å². The zero-order valence-electron chi connectivity index (χ0n) is 17.1. The third-order valence-electron chi connectivity index (χ3n) is 4.33. The maximum Gasteiger partial charge on any atom is 0.338 e. The largest absolute Gasteiger partial charge is 0.462 e. The Kier molecular flexibility index (Phi) is 7.62.